The second-order valence-electron chi connectivity index (χ2n) is 3.28. The van der Waals surface area contributed by atoms with Crippen molar-refractivity contribution < 1.29 is 4.74 Å². The number of hydrogen-bond acceptors (Lipinski definition) is 2. The molecule has 0 radical (unpaired) electrons. The molecule has 0 aliphatic heterocycles. The molecule has 14 heavy (non-hydrogen) atoms. The average molecular weight is 190 g/mol. The molecule has 0 aliphatic carbocycles. The molecule has 1 aromatic heterocycles. The van der Waals surface area contributed by atoms with Crippen molar-refractivity contribution in [3.05, 3.63) is 23.9 Å². The summed E-state index contributed by atoms with van der Waals surface area (Å²) in [7, 11) is 1.68. The Morgan fingerprint density at radius 3 is 2.86 bits per heavy atom. The smallest absolute Gasteiger partial charge is 0.119 e. The highest BCUT2D eigenvalue weighted by atomic mass is 16.5. The van der Waals surface area contributed by atoms with Crippen molar-refractivity contribution in [1.29, 1.82) is 0 Å². The summed E-state index contributed by atoms with van der Waals surface area (Å²) in [5.41, 5.74) is 2.23. The summed E-state index contributed by atoms with van der Waals surface area (Å²) in [6, 6.07) is 5.96. The van der Waals surface area contributed by atoms with Crippen LogP contribution in [0.3, 0.4) is 0 Å². The zero-order valence-corrected chi connectivity index (χ0v) is 8.74. The molecule has 0 saturated carbocycles. The topological polar surface area (TPSA) is 27.1 Å². The van der Waals surface area contributed by atoms with Gasteiger partial charge in [-0.25, -0.2) is 0 Å². The third-order valence-corrected chi connectivity index (χ3v) is 2.51. The van der Waals surface area contributed by atoms with E-state index in [9.17, 15) is 0 Å². The molecule has 0 fully saturated rings. The second-order valence-corrected chi connectivity index (χ2v) is 3.28. The van der Waals surface area contributed by atoms with Crippen LogP contribution >= 0.6 is 0 Å². The highest BCUT2D eigenvalue weighted by molar-refractivity contribution is 5.82. The fraction of sp³-hybridized carbons (Fsp3) is 0.364. The summed E-state index contributed by atoms with van der Waals surface area (Å²) >= 11 is 0. The van der Waals surface area contributed by atoms with Gasteiger partial charge >= 0.3 is 0 Å². The number of aromatic nitrogens is 2. The van der Waals surface area contributed by atoms with Crippen molar-refractivity contribution in [3.8, 4) is 5.75 Å². The van der Waals surface area contributed by atoms with Gasteiger partial charge < -0.3 is 4.74 Å². The van der Waals surface area contributed by atoms with E-state index in [1.54, 1.807) is 7.11 Å². The molecule has 3 nitrogen and oxygen atoms in total. The largest absolute Gasteiger partial charge is 0.497 e. The molecular weight excluding hydrogens is 176 g/mol. The molecule has 1 heterocycles. The molecule has 74 valence electrons. The van der Waals surface area contributed by atoms with Crippen LogP contribution in [0.25, 0.3) is 10.9 Å². The first-order chi connectivity index (χ1) is 6.76. The molecule has 0 saturated heterocycles. The van der Waals surface area contributed by atoms with Crippen LogP contribution in [-0.2, 0) is 6.54 Å². The molecule has 0 bridgehead atoms. The molecule has 0 atom stereocenters. The Morgan fingerprint density at radius 1 is 1.43 bits per heavy atom. The van der Waals surface area contributed by atoms with E-state index in [1.165, 1.54) is 11.1 Å². The van der Waals surface area contributed by atoms with E-state index in [0.717, 1.165) is 17.8 Å². The first-order valence-electron chi connectivity index (χ1n) is 4.77. The predicted molar refractivity (Wildman–Crippen MR) is 56.7 cm³/mol. The summed E-state index contributed by atoms with van der Waals surface area (Å²) in [6.07, 6.45) is 0. The fourth-order valence-electron chi connectivity index (χ4n) is 1.67. The van der Waals surface area contributed by atoms with Gasteiger partial charge in [0.1, 0.15) is 5.75 Å². The van der Waals surface area contributed by atoms with Crippen LogP contribution in [0.1, 0.15) is 12.6 Å². The lowest BCUT2D eigenvalue weighted by molar-refractivity contribution is 0.415. The van der Waals surface area contributed by atoms with Gasteiger partial charge in [-0.1, -0.05) is 0 Å². The van der Waals surface area contributed by atoms with Crippen molar-refractivity contribution in [1.82, 2.24) is 9.78 Å². The zero-order chi connectivity index (χ0) is 10.1. The Morgan fingerprint density at radius 2 is 2.21 bits per heavy atom. The van der Waals surface area contributed by atoms with Crippen molar-refractivity contribution in [2.75, 3.05) is 7.11 Å². The molecule has 3 heteroatoms. The van der Waals surface area contributed by atoms with Crippen LogP contribution in [0.5, 0.6) is 5.75 Å². The third-order valence-electron chi connectivity index (χ3n) is 2.51. The van der Waals surface area contributed by atoms with Crippen molar-refractivity contribution >= 4 is 10.9 Å². The van der Waals surface area contributed by atoms with Gasteiger partial charge in [0.2, 0.25) is 0 Å². The van der Waals surface area contributed by atoms with Gasteiger partial charge in [-0.15, -0.1) is 0 Å². The summed E-state index contributed by atoms with van der Waals surface area (Å²) in [6.45, 7) is 5.08. The van der Waals surface area contributed by atoms with Crippen molar-refractivity contribution in [3.63, 3.8) is 0 Å². The molecule has 0 amide bonds. The van der Waals surface area contributed by atoms with Crippen LogP contribution in [0.2, 0.25) is 0 Å². The van der Waals surface area contributed by atoms with Gasteiger partial charge in [-0.05, 0) is 32.0 Å². The molecule has 0 aliphatic rings. The normalized spacial score (nSPS) is 10.8. The molecule has 1 aromatic carbocycles. The zero-order valence-electron chi connectivity index (χ0n) is 8.74. The number of fused-ring (bicyclic) bond motifs is 1. The summed E-state index contributed by atoms with van der Waals surface area (Å²) in [5.74, 6) is 0.885. The molecular formula is C11H14N2O. The predicted octanol–water partition coefficient (Wildman–Crippen LogP) is 2.37. The molecule has 2 rings (SSSR count). The number of benzene rings is 1. The summed E-state index contributed by atoms with van der Waals surface area (Å²) in [4.78, 5) is 0. The summed E-state index contributed by atoms with van der Waals surface area (Å²) < 4.78 is 7.19. The van der Waals surface area contributed by atoms with Gasteiger partial charge in [0.25, 0.3) is 0 Å². The molecule has 0 N–H and O–H groups in total. The van der Waals surface area contributed by atoms with E-state index in [0.29, 0.717) is 0 Å². The number of methoxy groups -OCH3 is 1. The lowest BCUT2D eigenvalue weighted by atomic mass is 10.2. The SMILES string of the molecule is CCn1nc2ccc(OC)cc2c1C. The lowest BCUT2D eigenvalue weighted by Crippen LogP contribution is -1.97. The quantitative estimate of drug-likeness (QED) is 0.727. The maximum Gasteiger partial charge on any atom is 0.119 e. The van der Waals surface area contributed by atoms with Crippen LogP contribution in [0.15, 0.2) is 18.2 Å². The lowest BCUT2D eigenvalue weighted by Gasteiger charge is -1.99. The van der Waals surface area contributed by atoms with Crippen LogP contribution in [-0.4, -0.2) is 16.9 Å². The fourth-order valence-corrected chi connectivity index (χ4v) is 1.67. The maximum absolute atomic E-state index is 5.18. The minimum Gasteiger partial charge on any atom is -0.497 e. The maximum atomic E-state index is 5.18. The van der Waals surface area contributed by atoms with E-state index >= 15 is 0 Å². The highest BCUT2D eigenvalue weighted by Gasteiger charge is 2.06. The monoisotopic (exact) mass is 190 g/mol. The van der Waals surface area contributed by atoms with Crippen molar-refractivity contribution in [2.45, 2.75) is 20.4 Å². The number of rotatable bonds is 2. The van der Waals surface area contributed by atoms with E-state index in [-0.39, 0.29) is 0 Å². The summed E-state index contributed by atoms with van der Waals surface area (Å²) in [5, 5.41) is 5.64. The number of ether oxygens (including phenoxy) is 1. The van der Waals surface area contributed by atoms with Gasteiger partial charge in [0, 0.05) is 17.6 Å². The first kappa shape index (κ1) is 9.06. The molecule has 0 spiro atoms. The number of aryl methyl sites for hydroxylation is 2. The van der Waals surface area contributed by atoms with E-state index in [4.69, 9.17) is 4.74 Å². The van der Waals surface area contributed by atoms with Crippen LogP contribution in [0, 0.1) is 6.92 Å². The minimum absolute atomic E-state index is 0.885. The molecule has 0 unspecified atom stereocenters. The second kappa shape index (κ2) is 3.33. The van der Waals surface area contributed by atoms with Crippen LogP contribution in [0.4, 0.5) is 0 Å². The Balaban J connectivity index is 2.68. The van der Waals surface area contributed by atoms with E-state index in [2.05, 4.69) is 18.9 Å². The first-order valence-corrected chi connectivity index (χ1v) is 4.77. The standard InChI is InChI=1S/C11H14N2O/c1-4-13-8(2)10-7-9(14-3)5-6-11(10)12-13/h5-7H,4H2,1-3H3. The highest BCUT2D eigenvalue weighted by Crippen LogP contribution is 2.22. The Labute approximate surface area is 83.3 Å². The van der Waals surface area contributed by atoms with Gasteiger partial charge in [-0.2, -0.15) is 5.10 Å². The number of nitrogens with zero attached hydrogens (tertiary/aromatic N) is 2. The van der Waals surface area contributed by atoms with Crippen molar-refractivity contribution in [2.24, 2.45) is 0 Å². The van der Waals surface area contributed by atoms with Gasteiger partial charge in [-0.3, -0.25) is 4.68 Å². The molecule has 2 aromatic rings. The van der Waals surface area contributed by atoms with E-state index in [1.807, 2.05) is 22.9 Å². The minimum atomic E-state index is 0.885. The Hall–Kier alpha value is -1.51. The average Bonchev–Trinajstić information content (AvgIpc) is 2.55. The van der Waals surface area contributed by atoms with Gasteiger partial charge in [0.15, 0.2) is 0 Å². The third kappa shape index (κ3) is 1.25. The van der Waals surface area contributed by atoms with Crippen LogP contribution < -0.4 is 4.74 Å². The van der Waals surface area contributed by atoms with Gasteiger partial charge in [0.05, 0.1) is 12.6 Å². The Kier molecular flexibility index (Phi) is 2.15. The number of hydrogen-bond donors (Lipinski definition) is 0. The Bertz CT molecular complexity index is 460. The van der Waals surface area contributed by atoms with E-state index < -0.39 is 0 Å².